The van der Waals surface area contributed by atoms with Gasteiger partial charge in [-0.05, 0) is 38.5 Å². The van der Waals surface area contributed by atoms with Crippen LogP contribution in [0.15, 0.2) is 28.8 Å². The van der Waals surface area contributed by atoms with Gasteiger partial charge in [0.1, 0.15) is 11.3 Å². The fourth-order valence-corrected chi connectivity index (χ4v) is 2.67. The number of amides is 2. The van der Waals surface area contributed by atoms with E-state index in [9.17, 15) is 9.59 Å². The van der Waals surface area contributed by atoms with E-state index in [1.54, 1.807) is 30.9 Å². The van der Waals surface area contributed by atoms with Gasteiger partial charge >= 0.3 is 0 Å². The largest absolute Gasteiger partial charge is 0.361 e. The van der Waals surface area contributed by atoms with Crippen molar-refractivity contribution in [2.75, 3.05) is 16.8 Å². The molecule has 1 N–H and O–H groups in total. The molecule has 1 aliphatic heterocycles. The summed E-state index contributed by atoms with van der Waals surface area (Å²) in [4.78, 5) is 25.9. The van der Waals surface area contributed by atoms with Crippen molar-refractivity contribution in [2.45, 2.75) is 26.7 Å². The van der Waals surface area contributed by atoms with Gasteiger partial charge in [-0.1, -0.05) is 11.2 Å². The minimum absolute atomic E-state index is 0.120. The second-order valence-corrected chi connectivity index (χ2v) is 5.35. The Kier molecular flexibility index (Phi) is 3.66. The van der Waals surface area contributed by atoms with Gasteiger partial charge in [0.05, 0.1) is 5.69 Å². The number of hydrogen-bond donors (Lipinski definition) is 1. The summed E-state index contributed by atoms with van der Waals surface area (Å²) in [6, 6.07) is 7.29. The molecule has 1 fully saturated rings. The topological polar surface area (TPSA) is 75.4 Å². The first kappa shape index (κ1) is 14.3. The van der Waals surface area contributed by atoms with Gasteiger partial charge in [0.2, 0.25) is 5.91 Å². The quantitative estimate of drug-likeness (QED) is 0.945. The highest BCUT2D eigenvalue weighted by Gasteiger charge is 2.22. The van der Waals surface area contributed by atoms with Crippen molar-refractivity contribution in [1.82, 2.24) is 5.16 Å². The van der Waals surface area contributed by atoms with Crippen LogP contribution in [0.4, 0.5) is 11.4 Å². The Morgan fingerprint density at radius 2 is 2.18 bits per heavy atom. The molecule has 1 saturated heterocycles. The Hall–Kier alpha value is -2.63. The zero-order valence-electron chi connectivity index (χ0n) is 12.5. The summed E-state index contributed by atoms with van der Waals surface area (Å²) in [5, 5.41) is 6.61. The molecule has 6 nitrogen and oxygen atoms in total. The molecule has 2 aromatic rings. The molecule has 114 valence electrons. The van der Waals surface area contributed by atoms with Crippen LogP contribution in [0.2, 0.25) is 0 Å². The van der Waals surface area contributed by atoms with Crippen molar-refractivity contribution in [3.63, 3.8) is 0 Å². The van der Waals surface area contributed by atoms with E-state index < -0.39 is 0 Å². The predicted octanol–water partition coefficient (Wildman–Crippen LogP) is 2.67. The summed E-state index contributed by atoms with van der Waals surface area (Å²) in [6.07, 6.45) is 1.45. The summed E-state index contributed by atoms with van der Waals surface area (Å²) < 4.78 is 5.01. The van der Waals surface area contributed by atoms with Crippen molar-refractivity contribution in [3.8, 4) is 0 Å². The molecule has 0 aliphatic carbocycles. The van der Waals surface area contributed by atoms with Gasteiger partial charge in [-0.15, -0.1) is 0 Å². The molecular weight excluding hydrogens is 282 g/mol. The van der Waals surface area contributed by atoms with Gasteiger partial charge in [0, 0.05) is 24.3 Å². The van der Waals surface area contributed by atoms with Gasteiger partial charge in [-0.2, -0.15) is 0 Å². The lowest BCUT2D eigenvalue weighted by Gasteiger charge is -2.16. The second kappa shape index (κ2) is 5.63. The lowest BCUT2D eigenvalue weighted by Crippen LogP contribution is -2.23. The summed E-state index contributed by atoms with van der Waals surface area (Å²) in [7, 11) is 0. The standard InChI is InChI=1S/C16H17N3O3/c1-10-15(11(2)22-18-10)16(21)17-12-5-3-6-13(9-12)19-8-4-7-14(19)20/h3,5-6,9H,4,7-8H2,1-2H3,(H,17,21). The average molecular weight is 299 g/mol. The molecule has 3 rings (SSSR count). The molecule has 1 aromatic carbocycles. The van der Waals surface area contributed by atoms with E-state index in [4.69, 9.17) is 4.52 Å². The number of benzene rings is 1. The van der Waals surface area contributed by atoms with Gasteiger partial charge in [-0.25, -0.2) is 0 Å². The summed E-state index contributed by atoms with van der Waals surface area (Å²) in [6.45, 7) is 4.15. The Morgan fingerprint density at radius 1 is 1.36 bits per heavy atom. The fourth-order valence-electron chi connectivity index (χ4n) is 2.67. The van der Waals surface area contributed by atoms with E-state index in [0.717, 1.165) is 18.7 Å². The van der Waals surface area contributed by atoms with E-state index in [-0.39, 0.29) is 11.8 Å². The summed E-state index contributed by atoms with van der Waals surface area (Å²) >= 11 is 0. The molecule has 0 bridgehead atoms. The highest BCUT2D eigenvalue weighted by atomic mass is 16.5. The van der Waals surface area contributed by atoms with Gasteiger partial charge in [0.15, 0.2) is 0 Å². The zero-order chi connectivity index (χ0) is 15.7. The van der Waals surface area contributed by atoms with Crippen LogP contribution in [0.3, 0.4) is 0 Å². The smallest absolute Gasteiger partial charge is 0.261 e. The van der Waals surface area contributed by atoms with Crippen molar-refractivity contribution >= 4 is 23.2 Å². The average Bonchev–Trinajstić information content (AvgIpc) is 3.05. The first-order chi connectivity index (χ1) is 10.6. The molecule has 0 atom stereocenters. The molecule has 0 saturated carbocycles. The number of nitrogens with zero attached hydrogens (tertiary/aromatic N) is 2. The van der Waals surface area contributed by atoms with Crippen LogP contribution in [-0.2, 0) is 4.79 Å². The fraction of sp³-hybridized carbons (Fsp3) is 0.312. The van der Waals surface area contributed by atoms with Crippen LogP contribution < -0.4 is 10.2 Å². The van der Waals surface area contributed by atoms with Crippen LogP contribution in [0.5, 0.6) is 0 Å². The zero-order valence-corrected chi connectivity index (χ0v) is 12.5. The summed E-state index contributed by atoms with van der Waals surface area (Å²) in [5.74, 6) is 0.344. The highest BCUT2D eigenvalue weighted by Crippen LogP contribution is 2.25. The minimum atomic E-state index is -0.263. The van der Waals surface area contributed by atoms with E-state index in [2.05, 4.69) is 10.5 Å². The van der Waals surface area contributed by atoms with Gasteiger partial charge < -0.3 is 14.7 Å². The Balaban J connectivity index is 1.81. The van der Waals surface area contributed by atoms with E-state index in [0.29, 0.717) is 29.1 Å². The number of rotatable bonds is 3. The van der Waals surface area contributed by atoms with Crippen LogP contribution in [0, 0.1) is 13.8 Å². The molecular formula is C16H17N3O3. The van der Waals surface area contributed by atoms with E-state index in [1.165, 1.54) is 0 Å². The highest BCUT2D eigenvalue weighted by molar-refractivity contribution is 6.06. The van der Waals surface area contributed by atoms with E-state index >= 15 is 0 Å². The molecule has 1 aromatic heterocycles. The predicted molar refractivity (Wildman–Crippen MR) is 82.0 cm³/mol. The van der Waals surface area contributed by atoms with Crippen LogP contribution in [0.25, 0.3) is 0 Å². The maximum Gasteiger partial charge on any atom is 0.261 e. The maximum absolute atomic E-state index is 12.3. The lowest BCUT2D eigenvalue weighted by molar-refractivity contribution is -0.117. The van der Waals surface area contributed by atoms with Crippen LogP contribution in [-0.4, -0.2) is 23.5 Å². The Bertz CT molecular complexity index is 716. The molecule has 2 amide bonds. The van der Waals surface area contributed by atoms with Gasteiger partial charge in [-0.3, -0.25) is 9.59 Å². The lowest BCUT2D eigenvalue weighted by atomic mass is 10.2. The third-order valence-electron chi connectivity index (χ3n) is 3.75. The number of nitrogens with one attached hydrogen (secondary N) is 1. The Morgan fingerprint density at radius 3 is 2.82 bits per heavy atom. The van der Waals surface area contributed by atoms with Crippen LogP contribution >= 0.6 is 0 Å². The number of hydrogen-bond acceptors (Lipinski definition) is 4. The molecule has 0 radical (unpaired) electrons. The third kappa shape index (κ3) is 2.59. The maximum atomic E-state index is 12.3. The third-order valence-corrected chi connectivity index (χ3v) is 3.75. The molecule has 22 heavy (non-hydrogen) atoms. The monoisotopic (exact) mass is 299 g/mol. The SMILES string of the molecule is Cc1noc(C)c1C(=O)Nc1cccc(N2CCCC2=O)c1. The number of aryl methyl sites for hydroxylation is 2. The number of aromatic nitrogens is 1. The normalized spacial score (nSPS) is 14.5. The van der Waals surface area contributed by atoms with Crippen LogP contribution in [0.1, 0.15) is 34.7 Å². The van der Waals surface area contributed by atoms with E-state index in [1.807, 2.05) is 12.1 Å². The first-order valence-electron chi connectivity index (χ1n) is 7.21. The van der Waals surface area contributed by atoms with Crippen molar-refractivity contribution in [1.29, 1.82) is 0 Å². The first-order valence-corrected chi connectivity index (χ1v) is 7.21. The van der Waals surface area contributed by atoms with Crippen molar-refractivity contribution in [3.05, 3.63) is 41.3 Å². The molecule has 0 spiro atoms. The number of carbonyl (C=O) groups excluding carboxylic acids is 2. The molecule has 2 heterocycles. The molecule has 1 aliphatic rings. The molecule has 6 heteroatoms. The van der Waals surface area contributed by atoms with Gasteiger partial charge in [0.25, 0.3) is 5.91 Å². The second-order valence-electron chi connectivity index (χ2n) is 5.35. The van der Waals surface area contributed by atoms with Crippen molar-refractivity contribution < 1.29 is 14.1 Å². The number of anilines is 2. The summed E-state index contributed by atoms with van der Waals surface area (Å²) in [5.41, 5.74) is 2.45. The molecule has 0 unspecified atom stereocenters. The minimum Gasteiger partial charge on any atom is -0.361 e. The van der Waals surface area contributed by atoms with Crippen molar-refractivity contribution in [2.24, 2.45) is 0 Å². The Labute approximate surface area is 128 Å². The number of carbonyl (C=O) groups is 2.